The van der Waals surface area contributed by atoms with E-state index in [1.807, 2.05) is 13.8 Å². The summed E-state index contributed by atoms with van der Waals surface area (Å²) < 4.78 is 9.78. The van der Waals surface area contributed by atoms with E-state index in [2.05, 4.69) is 0 Å². The molecule has 2 unspecified atom stereocenters. The van der Waals surface area contributed by atoms with Crippen molar-refractivity contribution in [3.05, 3.63) is 12.2 Å². The van der Waals surface area contributed by atoms with Crippen LogP contribution >= 0.6 is 0 Å². The fourth-order valence-corrected chi connectivity index (χ4v) is 1.52. The number of esters is 2. The first-order valence-electron chi connectivity index (χ1n) is 7.02. The van der Waals surface area contributed by atoms with Crippen LogP contribution in [0.3, 0.4) is 0 Å². The molecule has 0 aliphatic rings. The number of nitrogens with two attached hydrogens (primary N) is 2. The molecule has 0 amide bonds. The van der Waals surface area contributed by atoms with Crippen LogP contribution in [0.15, 0.2) is 12.2 Å². The van der Waals surface area contributed by atoms with E-state index in [0.29, 0.717) is 0 Å². The van der Waals surface area contributed by atoms with Crippen molar-refractivity contribution in [2.75, 3.05) is 13.2 Å². The Bertz CT molecular complexity index is 288. The molecule has 0 aliphatic heterocycles. The lowest BCUT2D eigenvalue weighted by molar-refractivity contribution is -0.141. The van der Waals surface area contributed by atoms with E-state index in [1.165, 1.54) is 0 Å². The Hall–Kier alpha value is -1.40. The van der Waals surface area contributed by atoms with Crippen LogP contribution in [0.1, 0.15) is 39.5 Å². The number of rotatable bonds is 10. The molecule has 6 heteroatoms. The molecule has 0 saturated heterocycles. The number of carbonyl (C=O) groups excluding carboxylic acids is 2. The molecule has 0 radical (unpaired) electrons. The van der Waals surface area contributed by atoms with Gasteiger partial charge in [-0.3, -0.25) is 0 Å². The number of hydrogen-bond donors (Lipinski definition) is 2. The summed E-state index contributed by atoms with van der Waals surface area (Å²) in [5, 5.41) is 0. The second-order valence-electron chi connectivity index (χ2n) is 4.69. The number of ether oxygens (including phenoxy) is 2. The average molecular weight is 286 g/mol. The highest BCUT2D eigenvalue weighted by molar-refractivity contribution is 5.91. The summed E-state index contributed by atoms with van der Waals surface area (Å²) in [5.41, 5.74) is 11.4. The molecule has 0 heterocycles. The zero-order chi connectivity index (χ0) is 15.4. The molecular formula is C14H26N2O4. The summed E-state index contributed by atoms with van der Waals surface area (Å²) in [6, 6.07) is -0.340. The van der Waals surface area contributed by atoms with Crippen molar-refractivity contribution >= 4 is 11.9 Å². The Kier molecular flexibility index (Phi) is 10.6. The van der Waals surface area contributed by atoms with Gasteiger partial charge in [0.05, 0.1) is 0 Å². The van der Waals surface area contributed by atoms with Gasteiger partial charge in [-0.2, -0.15) is 0 Å². The fraction of sp³-hybridized carbons (Fsp3) is 0.714. The maximum Gasteiger partial charge on any atom is 0.331 e. The van der Waals surface area contributed by atoms with Crippen LogP contribution in [-0.4, -0.2) is 37.2 Å². The smallest absolute Gasteiger partial charge is 0.331 e. The van der Waals surface area contributed by atoms with Crippen molar-refractivity contribution in [2.24, 2.45) is 11.5 Å². The van der Waals surface area contributed by atoms with Gasteiger partial charge in [0.1, 0.15) is 13.2 Å². The van der Waals surface area contributed by atoms with Gasteiger partial charge in [0.15, 0.2) is 0 Å². The summed E-state index contributed by atoms with van der Waals surface area (Å²) in [7, 11) is 0. The van der Waals surface area contributed by atoms with Crippen LogP contribution in [0.25, 0.3) is 0 Å². The van der Waals surface area contributed by atoms with Gasteiger partial charge in [0, 0.05) is 24.2 Å². The average Bonchev–Trinajstić information content (AvgIpc) is 2.41. The van der Waals surface area contributed by atoms with Crippen molar-refractivity contribution in [2.45, 2.75) is 51.6 Å². The highest BCUT2D eigenvalue weighted by Gasteiger charge is 2.07. The van der Waals surface area contributed by atoms with Crippen LogP contribution in [0, 0.1) is 0 Å². The van der Waals surface area contributed by atoms with Gasteiger partial charge in [0.25, 0.3) is 0 Å². The van der Waals surface area contributed by atoms with Gasteiger partial charge in [0.2, 0.25) is 0 Å². The predicted octanol–water partition coefficient (Wildman–Crippen LogP) is 0.884. The lowest BCUT2D eigenvalue weighted by atomic mass is 10.2. The third kappa shape index (κ3) is 10.5. The molecule has 0 fully saturated rings. The molecule has 2 atom stereocenters. The quantitative estimate of drug-likeness (QED) is 0.456. The van der Waals surface area contributed by atoms with E-state index in [-0.39, 0.29) is 25.3 Å². The molecule has 0 rings (SSSR count). The van der Waals surface area contributed by atoms with Crippen molar-refractivity contribution in [3.8, 4) is 0 Å². The molecule has 0 aliphatic carbocycles. The van der Waals surface area contributed by atoms with Crippen molar-refractivity contribution < 1.29 is 19.1 Å². The Morgan fingerprint density at radius 2 is 1.25 bits per heavy atom. The summed E-state index contributed by atoms with van der Waals surface area (Å²) in [6.07, 6.45) is 5.50. The van der Waals surface area contributed by atoms with Crippen molar-refractivity contribution in [3.63, 3.8) is 0 Å². The summed E-state index contributed by atoms with van der Waals surface area (Å²) in [5.74, 6) is -1.21. The zero-order valence-electron chi connectivity index (χ0n) is 12.3. The molecular weight excluding hydrogens is 260 g/mol. The molecule has 0 saturated carbocycles. The standard InChI is InChI=1S/C14H26N2O4/c1-3-5-11(15)9-19-13(17)7-8-14(18)20-10-12(16)6-4-2/h7-8,11-12H,3-6,9-10,15-16H2,1-2H3/b8-7-. The monoisotopic (exact) mass is 286 g/mol. The van der Waals surface area contributed by atoms with Gasteiger partial charge >= 0.3 is 11.9 Å². The third-order valence-corrected chi connectivity index (χ3v) is 2.55. The molecule has 0 aromatic rings. The Balaban J connectivity index is 3.85. The Morgan fingerprint density at radius 1 is 0.900 bits per heavy atom. The van der Waals surface area contributed by atoms with Crippen LogP contribution in [0.4, 0.5) is 0 Å². The maximum atomic E-state index is 11.3. The topological polar surface area (TPSA) is 105 Å². The zero-order valence-corrected chi connectivity index (χ0v) is 12.3. The minimum atomic E-state index is -0.605. The lowest BCUT2D eigenvalue weighted by Gasteiger charge is -2.10. The first-order chi connectivity index (χ1) is 9.49. The number of carbonyl (C=O) groups is 2. The summed E-state index contributed by atoms with van der Waals surface area (Å²) >= 11 is 0. The van der Waals surface area contributed by atoms with Crippen LogP contribution in [0.5, 0.6) is 0 Å². The van der Waals surface area contributed by atoms with Crippen molar-refractivity contribution in [1.82, 2.24) is 0 Å². The Morgan fingerprint density at radius 3 is 1.55 bits per heavy atom. The minimum absolute atomic E-state index is 0.146. The second kappa shape index (κ2) is 11.4. The van der Waals surface area contributed by atoms with E-state index >= 15 is 0 Å². The minimum Gasteiger partial charge on any atom is -0.461 e. The third-order valence-electron chi connectivity index (χ3n) is 2.55. The molecule has 20 heavy (non-hydrogen) atoms. The van der Waals surface area contributed by atoms with Gasteiger partial charge in [-0.1, -0.05) is 26.7 Å². The largest absolute Gasteiger partial charge is 0.461 e. The summed E-state index contributed by atoms with van der Waals surface area (Å²) in [6.45, 7) is 4.29. The normalized spacial score (nSPS) is 14.0. The highest BCUT2D eigenvalue weighted by Crippen LogP contribution is 1.96. The molecule has 0 spiro atoms. The van der Waals surface area contributed by atoms with Gasteiger partial charge in [-0.05, 0) is 12.8 Å². The molecule has 0 aromatic carbocycles. The molecule has 0 bridgehead atoms. The fourth-order valence-electron chi connectivity index (χ4n) is 1.52. The highest BCUT2D eigenvalue weighted by atomic mass is 16.5. The van der Waals surface area contributed by atoms with E-state index in [9.17, 15) is 9.59 Å². The SMILES string of the molecule is CCCC(N)COC(=O)/C=C\C(=O)OCC(N)CCC. The maximum absolute atomic E-state index is 11.3. The molecule has 4 N–H and O–H groups in total. The molecule has 6 nitrogen and oxygen atoms in total. The number of hydrogen-bond acceptors (Lipinski definition) is 6. The van der Waals surface area contributed by atoms with Gasteiger partial charge in [-0.25, -0.2) is 9.59 Å². The first kappa shape index (κ1) is 18.6. The predicted molar refractivity (Wildman–Crippen MR) is 76.8 cm³/mol. The van der Waals surface area contributed by atoms with Crippen LogP contribution in [0.2, 0.25) is 0 Å². The van der Waals surface area contributed by atoms with Crippen LogP contribution in [-0.2, 0) is 19.1 Å². The molecule has 116 valence electrons. The second-order valence-corrected chi connectivity index (χ2v) is 4.69. The van der Waals surface area contributed by atoms with Crippen molar-refractivity contribution in [1.29, 1.82) is 0 Å². The first-order valence-corrected chi connectivity index (χ1v) is 7.02. The van der Waals surface area contributed by atoms with Gasteiger partial charge < -0.3 is 20.9 Å². The Labute approximate surface area is 120 Å². The van der Waals surface area contributed by atoms with Crippen LogP contribution < -0.4 is 11.5 Å². The van der Waals surface area contributed by atoms with E-state index in [4.69, 9.17) is 20.9 Å². The lowest BCUT2D eigenvalue weighted by Crippen LogP contribution is -2.27. The van der Waals surface area contributed by atoms with E-state index in [0.717, 1.165) is 37.8 Å². The van der Waals surface area contributed by atoms with Gasteiger partial charge in [-0.15, -0.1) is 0 Å². The molecule has 0 aromatic heterocycles. The summed E-state index contributed by atoms with van der Waals surface area (Å²) in [4.78, 5) is 22.6. The van der Waals surface area contributed by atoms with E-state index < -0.39 is 11.9 Å². The van der Waals surface area contributed by atoms with E-state index in [1.54, 1.807) is 0 Å².